The Morgan fingerprint density at radius 2 is 0.537 bits per heavy atom. The normalized spacial score (nSPS) is 9.97. The first-order chi connectivity index (χ1) is 58.5. The molecule has 123 heavy (non-hydrogen) atoms. The van der Waals surface area contributed by atoms with Gasteiger partial charge in [0, 0.05) is 31.4 Å². The first kappa shape index (κ1) is 105. The topological polar surface area (TPSA) is 290 Å². The number of rotatable bonds is 17. The Morgan fingerprint density at radius 3 is 0.732 bits per heavy atom. The van der Waals surface area contributed by atoms with Crippen molar-refractivity contribution in [3.8, 4) is 22.8 Å². The molecule has 0 aliphatic heterocycles. The number of anilines is 4. The predicted molar refractivity (Wildman–Crippen MR) is 506 cm³/mol. The standard InChI is InChI=1S/4C18H15P.C10H9Cl2N5O.C7H7BCl2O3.C3H4ClN5.CH2O3.2Cs.Pd.H/c4*1-4-10-16(11-5-1)19(17-12-6-2-7-13-17)18-14-8-3-9-15-18;1-18-5-3-2-4(6(11)7(5)12)8-9(13)15-10(14)17-16-8;1-13-5-3-2-4(8(11)12)6(9)7(5)10;4-1-2(5)7-3(6)9-8-1;2-1-4-3;;;;/h4*1-15H;2-3H,1H3,(H4,13,14,15,17);2-3,11-12H,1H3;(H4,5,6,7,9);1,3H;;;;/q;;;;;;;;2*+1;;-1/p-1. The zero-order chi connectivity index (χ0) is 85.2. The van der Waals surface area contributed by atoms with Crippen molar-refractivity contribution < 1.29 is 194 Å². The average molecular weight is 2140 g/mol. The number of benzene rings is 14. The summed E-state index contributed by atoms with van der Waals surface area (Å²) in [6.45, 7) is -0.181. The van der Waals surface area contributed by atoms with Crippen molar-refractivity contribution in [3.63, 3.8) is 0 Å². The Bertz CT molecular complexity index is 4840. The van der Waals surface area contributed by atoms with Crippen LogP contribution in [0.25, 0.3) is 11.3 Å². The van der Waals surface area contributed by atoms with Crippen LogP contribution in [0.5, 0.6) is 11.5 Å². The number of nitrogen functional groups attached to an aromatic ring is 4. The van der Waals surface area contributed by atoms with Crippen LogP contribution in [0.1, 0.15) is 1.43 Å². The number of carbonyl (C=O) groups excluding carboxylic acids is 1. The zero-order valence-electron chi connectivity index (χ0n) is 68.0. The van der Waals surface area contributed by atoms with Gasteiger partial charge >= 0.3 is 145 Å². The number of nitrogens with zero attached hydrogens (tertiary/aromatic N) is 6. The third-order valence-corrected chi connectivity index (χ3v) is 28.5. The molecule has 2 heterocycles. The maximum Gasteiger partial charge on any atom is 1.00 e. The summed E-state index contributed by atoms with van der Waals surface area (Å²) in [6.07, 6.45) is 0. The van der Waals surface area contributed by atoms with Gasteiger partial charge in [-0.15, -0.1) is 20.4 Å². The summed E-state index contributed by atoms with van der Waals surface area (Å²) in [5.41, 5.74) is 22.4. The van der Waals surface area contributed by atoms with Crippen molar-refractivity contribution in [2.45, 2.75) is 0 Å². The van der Waals surface area contributed by atoms with Gasteiger partial charge in [-0.05, 0) is 114 Å². The molecule has 17 nitrogen and oxygen atoms in total. The SMILES string of the molecule is COc1ccc(-c2nnc(N)nc2N)c(Cl)c1Cl.COc1ccc(B(O)O)c(Cl)c1Cl.Nc1nnc(Cl)c(N)n1.O=CO[O-].[Cs+].[Cs+].[H-].[Pd].c1ccc(P(c2ccccc2)c2ccccc2)cc1.c1ccc(P(c2ccccc2)c2ccccc2)cc1.c1ccc(P(c2ccccc2)c2ccccc2)cc1.c1ccc(P(c2ccccc2)c2ccccc2)cc1. The molecule has 0 radical (unpaired) electrons. The molecule has 0 amide bonds. The van der Waals surface area contributed by atoms with E-state index in [1.54, 1.807) is 12.1 Å². The Labute approximate surface area is 880 Å². The molecule has 0 saturated heterocycles. The van der Waals surface area contributed by atoms with Crippen molar-refractivity contribution in [2.75, 3.05) is 37.2 Å². The second-order valence-corrected chi connectivity index (χ2v) is 35.4. The molecule has 0 bridgehead atoms. The first-order valence-electron chi connectivity index (χ1n) is 36.6. The minimum atomic E-state index is -1.63. The molecule has 14 aromatic carbocycles. The molecule has 0 atom stereocenters. The maximum atomic E-state index is 8.86. The molecule has 16 aromatic rings. The van der Waals surface area contributed by atoms with Gasteiger partial charge in [0.05, 0.1) is 24.3 Å². The van der Waals surface area contributed by atoms with Gasteiger partial charge in [0.2, 0.25) is 11.9 Å². The summed E-state index contributed by atoms with van der Waals surface area (Å²) in [7, 11) is -0.466. The summed E-state index contributed by atoms with van der Waals surface area (Å²) in [5, 5.41) is 58.0. The Hall–Kier alpha value is -6.75. The van der Waals surface area contributed by atoms with Crippen LogP contribution in [-0.2, 0) is 30.1 Å². The van der Waals surface area contributed by atoms with Crippen LogP contribution >= 0.6 is 89.7 Å². The van der Waals surface area contributed by atoms with Crippen LogP contribution in [-0.4, -0.2) is 68.2 Å². The molecular formula is C93H82BCl5Cs2N10O7P4Pd. The molecule has 30 heteroatoms. The minimum Gasteiger partial charge on any atom is -1.00 e. The number of carbonyl (C=O) groups is 1. The third kappa shape index (κ3) is 33.4. The van der Waals surface area contributed by atoms with Crippen LogP contribution in [0.4, 0.5) is 23.5 Å². The van der Waals surface area contributed by atoms with Gasteiger partial charge in [-0.25, -0.2) is 0 Å². The number of hydrogen-bond acceptors (Lipinski definition) is 17. The number of aromatic nitrogens is 6. The monoisotopic (exact) mass is 2130 g/mol. The number of halogens is 5. The van der Waals surface area contributed by atoms with Crippen LogP contribution in [0.2, 0.25) is 25.2 Å². The van der Waals surface area contributed by atoms with Crippen molar-refractivity contribution in [1.82, 2.24) is 30.4 Å². The second kappa shape index (κ2) is 58.6. The van der Waals surface area contributed by atoms with Crippen molar-refractivity contribution in [3.05, 3.63) is 413 Å². The Morgan fingerprint density at radius 1 is 0.325 bits per heavy atom. The molecule has 0 aliphatic carbocycles. The quantitative estimate of drug-likeness (QED) is 0.0163. The van der Waals surface area contributed by atoms with Gasteiger partial charge in [-0.3, -0.25) is 4.79 Å². The number of ether oxygens (including phenoxy) is 2. The Kier molecular flexibility index (Phi) is 50.0. The fraction of sp³-hybridized carbons (Fsp3) is 0.0215. The van der Waals surface area contributed by atoms with E-state index in [0.29, 0.717) is 22.8 Å². The molecular weight excluding hydrogens is 2050 g/mol. The number of nitrogens with two attached hydrogens (primary N) is 4. The smallest absolute Gasteiger partial charge is 1.00 e. The molecule has 2 aromatic heterocycles. The van der Waals surface area contributed by atoms with E-state index in [1.807, 2.05) is 0 Å². The number of methoxy groups -OCH3 is 2. The predicted octanol–water partition coefficient (Wildman–Crippen LogP) is 8.72. The molecule has 0 unspecified atom stereocenters. The summed E-state index contributed by atoms with van der Waals surface area (Å²) >= 11 is 29.0. The molecule has 16 rings (SSSR count). The molecule has 616 valence electrons. The van der Waals surface area contributed by atoms with Gasteiger partial charge < -0.3 is 54.0 Å². The van der Waals surface area contributed by atoms with Crippen LogP contribution in [0, 0.1) is 0 Å². The maximum absolute atomic E-state index is 8.86. The largest absolute Gasteiger partial charge is 1.00 e. The van der Waals surface area contributed by atoms with E-state index in [2.05, 4.69) is 399 Å². The van der Waals surface area contributed by atoms with Gasteiger partial charge in [-0.1, -0.05) is 428 Å². The van der Waals surface area contributed by atoms with Crippen LogP contribution < -0.4 is 245 Å². The van der Waals surface area contributed by atoms with E-state index < -0.39 is 38.8 Å². The molecule has 0 saturated carbocycles. The summed E-state index contributed by atoms with van der Waals surface area (Å²) < 4.78 is 9.93. The van der Waals surface area contributed by atoms with Gasteiger partial charge in [0.1, 0.15) is 27.2 Å². The Balaban J connectivity index is 0.000000256. The molecule has 0 aliphatic rings. The minimum absolute atomic E-state index is 0. The second-order valence-electron chi connectivity index (χ2n) is 24.6. The summed E-state index contributed by atoms with van der Waals surface area (Å²) in [6, 6.07) is 136. The van der Waals surface area contributed by atoms with E-state index in [4.69, 9.17) is 111 Å². The van der Waals surface area contributed by atoms with E-state index in [1.165, 1.54) is 90.0 Å². The van der Waals surface area contributed by atoms with E-state index in [0.717, 1.165) is 0 Å². The van der Waals surface area contributed by atoms with Crippen molar-refractivity contribution in [2.24, 2.45) is 0 Å². The molecule has 10 N–H and O–H groups in total. The third-order valence-electron chi connectivity index (χ3n) is 16.7. The van der Waals surface area contributed by atoms with E-state index >= 15 is 0 Å². The fourth-order valence-corrected chi connectivity index (χ4v) is 21.7. The van der Waals surface area contributed by atoms with E-state index in [9.17, 15) is 0 Å². The van der Waals surface area contributed by atoms with Crippen LogP contribution in [0.15, 0.2) is 388 Å². The van der Waals surface area contributed by atoms with Gasteiger partial charge in [-0.2, -0.15) is 9.97 Å². The molecule has 0 spiro atoms. The first-order valence-corrected chi connectivity index (χ1v) is 43.9. The van der Waals surface area contributed by atoms with E-state index in [-0.39, 0.29) is 220 Å². The average Bonchev–Trinajstić information content (AvgIpc) is 0.777. The van der Waals surface area contributed by atoms with Crippen LogP contribution in [0.3, 0.4) is 0 Å². The van der Waals surface area contributed by atoms with Crippen molar-refractivity contribution >= 4 is 196 Å². The molecule has 0 fully saturated rings. The summed E-state index contributed by atoms with van der Waals surface area (Å²) in [4.78, 5) is 18.6. The zero-order valence-corrected chi connectivity index (χ0v) is 88.5. The fourth-order valence-electron chi connectivity index (χ4n) is 11.4. The van der Waals surface area contributed by atoms with Gasteiger partial charge in [0.25, 0.3) is 6.47 Å². The number of hydrogen-bond donors (Lipinski definition) is 6. The summed E-state index contributed by atoms with van der Waals surface area (Å²) in [5.74, 6) is 1.11. The van der Waals surface area contributed by atoms with Gasteiger partial charge in [0.15, 0.2) is 16.8 Å². The van der Waals surface area contributed by atoms with Crippen molar-refractivity contribution in [1.29, 1.82) is 0 Å².